The van der Waals surface area contributed by atoms with Crippen molar-refractivity contribution in [3.63, 3.8) is 0 Å². The quantitative estimate of drug-likeness (QED) is 0.807. The van der Waals surface area contributed by atoms with Crippen molar-refractivity contribution < 1.29 is 0 Å². The molecule has 3 heteroatoms. The Balaban J connectivity index is 1.68. The van der Waals surface area contributed by atoms with Crippen LogP contribution in [-0.2, 0) is 0 Å². The summed E-state index contributed by atoms with van der Waals surface area (Å²) in [5, 5.41) is 0. The molecule has 0 spiro atoms. The number of hydrogen-bond acceptors (Lipinski definition) is 3. The van der Waals surface area contributed by atoms with Crippen LogP contribution in [0, 0.1) is 5.92 Å². The molecule has 2 rings (SSSR count). The molecule has 0 aliphatic carbocycles. The van der Waals surface area contributed by atoms with Gasteiger partial charge in [-0.15, -0.1) is 0 Å². The number of hydrogen-bond donors (Lipinski definition) is 1. The van der Waals surface area contributed by atoms with Crippen LogP contribution in [0.4, 0.5) is 0 Å². The van der Waals surface area contributed by atoms with Crippen molar-refractivity contribution in [3.05, 3.63) is 0 Å². The minimum atomic E-state index is 0.450. The van der Waals surface area contributed by atoms with E-state index in [9.17, 15) is 0 Å². The highest BCUT2D eigenvalue weighted by Gasteiger charge is 2.25. The van der Waals surface area contributed by atoms with Crippen LogP contribution < -0.4 is 5.73 Å². The highest BCUT2D eigenvalue weighted by Crippen LogP contribution is 2.18. The van der Waals surface area contributed by atoms with E-state index >= 15 is 0 Å². The van der Waals surface area contributed by atoms with Gasteiger partial charge in [-0.2, -0.15) is 0 Å². The van der Waals surface area contributed by atoms with E-state index in [0.29, 0.717) is 6.04 Å². The van der Waals surface area contributed by atoms with Gasteiger partial charge in [-0.05, 0) is 44.8 Å². The zero-order chi connectivity index (χ0) is 12.1. The second kappa shape index (κ2) is 6.72. The smallest absolute Gasteiger partial charge is 0.0109 e. The lowest BCUT2D eigenvalue weighted by molar-refractivity contribution is 0.125. The van der Waals surface area contributed by atoms with E-state index in [4.69, 9.17) is 5.73 Å². The Bertz CT molecular complexity index is 214. The Morgan fingerprint density at radius 2 is 1.71 bits per heavy atom. The molecule has 0 aromatic heterocycles. The van der Waals surface area contributed by atoms with Crippen molar-refractivity contribution in [2.45, 2.75) is 45.1 Å². The molecule has 0 radical (unpaired) electrons. The maximum absolute atomic E-state index is 6.15. The van der Waals surface area contributed by atoms with Crippen molar-refractivity contribution in [3.8, 4) is 0 Å². The molecule has 0 aromatic rings. The molecule has 2 atom stereocenters. The number of piperidine rings is 2. The zero-order valence-electron chi connectivity index (χ0n) is 11.4. The van der Waals surface area contributed by atoms with Crippen molar-refractivity contribution in [1.29, 1.82) is 0 Å². The van der Waals surface area contributed by atoms with Crippen LogP contribution in [0.2, 0.25) is 0 Å². The fourth-order valence-corrected chi connectivity index (χ4v) is 3.23. The average molecular weight is 239 g/mol. The Kier molecular flexibility index (Phi) is 5.26. The van der Waals surface area contributed by atoms with Crippen molar-refractivity contribution in [2.24, 2.45) is 11.7 Å². The molecule has 2 fully saturated rings. The van der Waals surface area contributed by atoms with Gasteiger partial charge in [0, 0.05) is 25.7 Å². The molecule has 0 bridgehead atoms. The molecule has 0 amide bonds. The van der Waals surface area contributed by atoms with Gasteiger partial charge < -0.3 is 15.5 Å². The van der Waals surface area contributed by atoms with Crippen LogP contribution in [0.5, 0.6) is 0 Å². The second-order valence-corrected chi connectivity index (χ2v) is 5.82. The number of likely N-dealkylation sites (tertiary alicyclic amines) is 2. The van der Waals surface area contributed by atoms with Crippen LogP contribution >= 0.6 is 0 Å². The van der Waals surface area contributed by atoms with E-state index in [2.05, 4.69) is 16.7 Å². The molecular weight excluding hydrogens is 210 g/mol. The molecule has 2 aliphatic heterocycles. The molecule has 2 heterocycles. The number of nitrogens with two attached hydrogens (primary N) is 1. The Hall–Kier alpha value is -0.120. The lowest BCUT2D eigenvalue weighted by Gasteiger charge is -2.38. The summed E-state index contributed by atoms with van der Waals surface area (Å²) in [4.78, 5) is 5.27. The highest BCUT2D eigenvalue weighted by atomic mass is 15.2. The summed E-state index contributed by atoms with van der Waals surface area (Å²) >= 11 is 0. The number of nitrogens with zero attached hydrogens (tertiary/aromatic N) is 2. The van der Waals surface area contributed by atoms with Gasteiger partial charge in [0.2, 0.25) is 0 Å². The van der Waals surface area contributed by atoms with Gasteiger partial charge in [-0.25, -0.2) is 0 Å². The first-order valence-electron chi connectivity index (χ1n) is 7.50. The Labute approximate surface area is 106 Å². The second-order valence-electron chi connectivity index (χ2n) is 5.82. The maximum Gasteiger partial charge on any atom is 0.0109 e. The van der Waals surface area contributed by atoms with E-state index in [0.717, 1.165) is 5.92 Å². The van der Waals surface area contributed by atoms with Gasteiger partial charge >= 0.3 is 0 Å². The Morgan fingerprint density at radius 1 is 1.00 bits per heavy atom. The number of rotatable bonds is 4. The molecule has 3 nitrogen and oxygen atoms in total. The molecule has 2 aliphatic rings. The molecule has 2 saturated heterocycles. The minimum Gasteiger partial charge on any atom is -0.327 e. The summed E-state index contributed by atoms with van der Waals surface area (Å²) in [6.45, 7) is 9.89. The van der Waals surface area contributed by atoms with Crippen LogP contribution in [0.15, 0.2) is 0 Å². The third-order valence-electron chi connectivity index (χ3n) is 4.58. The zero-order valence-corrected chi connectivity index (χ0v) is 11.4. The normalized spacial score (nSPS) is 32.8. The lowest BCUT2D eigenvalue weighted by atomic mass is 9.91. The summed E-state index contributed by atoms with van der Waals surface area (Å²) in [7, 11) is 0. The average Bonchev–Trinajstić information content (AvgIpc) is 2.39. The van der Waals surface area contributed by atoms with Crippen molar-refractivity contribution >= 4 is 0 Å². The van der Waals surface area contributed by atoms with Crippen LogP contribution in [0.1, 0.15) is 39.0 Å². The first kappa shape index (κ1) is 13.3. The van der Waals surface area contributed by atoms with Gasteiger partial charge in [-0.3, -0.25) is 0 Å². The molecule has 0 aromatic carbocycles. The molecule has 0 saturated carbocycles. The standard InChI is InChI=1S/C14H29N3/c1-2-13-12-17(9-6-14(13)15)11-10-16-7-4-3-5-8-16/h13-14H,2-12,15H2,1H3. The van der Waals surface area contributed by atoms with Crippen LogP contribution in [-0.4, -0.2) is 55.1 Å². The third kappa shape index (κ3) is 3.94. The van der Waals surface area contributed by atoms with E-state index < -0.39 is 0 Å². The minimum absolute atomic E-state index is 0.450. The summed E-state index contributed by atoms with van der Waals surface area (Å²) in [6.07, 6.45) is 6.68. The Morgan fingerprint density at radius 3 is 2.41 bits per heavy atom. The largest absolute Gasteiger partial charge is 0.327 e. The van der Waals surface area contributed by atoms with E-state index in [1.165, 1.54) is 71.4 Å². The SMILES string of the molecule is CCC1CN(CCN2CCCCC2)CCC1N. The predicted octanol–water partition coefficient (Wildman–Crippen LogP) is 1.53. The molecule has 17 heavy (non-hydrogen) atoms. The van der Waals surface area contributed by atoms with Crippen molar-refractivity contribution in [1.82, 2.24) is 9.80 Å². The summed E-state index contributed by atoms with van der Waals surface area (Å²) in [5.41, 5.74) is 6.15. The summed E-state index contributed by atoms with van der Waals surface area (Å²) in [6, 6.07) is 0.450. The lowest BCUT2D eigenvalue weighted by Crippen LogP contribution is -2.49. The fourth-order valence-electron chi connectivity index (χ4n) is 3.23. The van der Waals surface area contributed by atoms with E-state index in [-0.39, 0.29) is 0 Å². The fraction of sp³-hybridized carbons (Fsp3) is 1.00. The van der Waals surface area contributed by atoms with Crippen LogP contribution in [0.25, 0.3) is 0 Å². The molecular formula is C14H29N3. The molecule has 100 valence electrons. The molecule has 2 N–H and O–H groups in total. The van der Waals surface area contributed by atoms with Gasteiger partial charge in [-0.1, -0.05) is 19.8 Å². The van der Waals surface area contributed by atoms with Gasteiger partial charge in [0.25, 0.3) is 0 Å². The predicted molar refractivity (Wildman–Crippen MR) is 73.1 cm³/mol. The summed E-state index contributed by atoms with van der Waals surface area (Å²) in [5.74, 6) is 0.727. The molecule has 2 unspecified atom stereocenters. The monoisotopic (exact) mass is 239 g/mol. The topological polar surface area (TPSA) is 32.5 Å². The maximum atomic E-state index is 6.15. The van der Waals surface area contributed by atoms with Crippen LogP contribution in [0.3, 0.4) is 0 Å². The van der Waals surface area contributed by atoms with Crippen molar-refractivity contribution in [2.75, 3.05) is 39.3 Å². The summed E-state index contributed by atoms with van der Waals surface area (Å²) < 4.78 is 0. The van der Waals surface area contributed by atoms with Gasteiger partial charge in [0.1, 0.15) is 0 Å². The van der Waals surface area contributed by atoms with E-state index in [1.54, 1.807) is 0 Å². The first-order valence-corrected chi connectivity index (χ1v) is 7.50. The van der Waals surface area contributed by atoms with Gasteiger partial charge in [0.15, 0.2) is 0 Å². The first-order chi connectivity index (χ1) is 8.29. The highest BCUT2D eigenvalue weighted by molar-refractivity contribution is 4.82. The van der Waals surface area contributed by atoms with E-state index in [1.807, 2.05) is 0 Å². The third-order valence-corrected chi connectivity index (χ3v) is 4.58. The van der Waals surface area contributed by atoms with Gasteiger partial charge in [0.05, 0.1) is 0 Å².